The molecule has 7 aromatic carbocycles. The minimum atomic E-state index is 1.24. The third-order valence-corrected chi connectivity index (χ3v) is 6.59. The molecule has 0 aliphatic rings. The Balaban J connectivity index is 1.62. The van der Waals surface area contributed by atoms with Gasteiger partial charge in [0.05, 0.1) is 0 Å². The Morgan fingerprint density at radius 1 is 0.483 bits per heavy atom. The fraction of sp³-hybridized carbons (Fsp3) is 0.0345. The van der Waals surface area contributed by atoms with Crippen molar-refractivity contribution in [1.29, 1.82) is 0 Å². The Morgan fingerprint density at radius 3 is 1.66 bits per heavy atom. The highest BCUT2D eigenvalue weighted by atomic mass is 14.2. The molecule has 0 radical (unpaired) electrons. The summed E-state index contributed by atoms with van der Waals surface area (Å²) in [6.07, 6.45) is 4.51. The van der Waals surface area contributed by atoms with Gasteiger partial charge in [-0.15, -0.1) is 0 Å². The molecule has 0 unspecified atom stereocenters. The quantitative estimate of drug-likeness (QED) is 0.213. The molecule has 0 amide bonds. The van der Waals surface area contributed by atoms with Crippen molar-refractivity contribution in [3.8, 4) is 0 Å². The third kappa shape index (κ3) is 1.93. The third-order valence-electron chi connectivity index (χ3n) is 6.59. The van der Waals surface area contributed by atoms with Crippen molar-refractivity contribution in [2.45, 2.75) is 6.92 Å². The summed E-state index contributed by atoms with van der Waals surface area (Å²) < 4.78 is 0. The first-order valence-electron chi connectivity index (χ1n) is 10.2. The van der Waals surface area contributed by atoms with Crippen molar-refractivity contribution in [2.24, 2.45) is 0 Å². The van der Waals surface area contributed by atoms with E-state index in [1.807, 2.05) is 0 Å². The summed E-state index contributed by atoms with van der Waals surface area (Å²) in [6.45, 7) is 2.13. The molecule has 0 saturated heterocycles. The van der Waals surface area contributed by atoms with E-state index in [2.05, 4.69) is 97.9 Å². The van der Waals surface area contributed by atoms with Gasteiger partial charge in [0.1, 0.15) is 0 Å². The second kappa shape index (κ2) is 5.24. The van der Waals surface area contributed by atoms with E-state index >= 15 is 0 Å². The SMILES string of the molecule is Cc1ccc(/C=C/c2cc3ccc4ccc5ccc6ccc2c2c6c5c4c32)cc1. The molecule has 0 bridgehead atoms. The number of hydrogen-bond acceptors (Lipinski definition) is 0. The molecule has 0 N–H and O–H groups in total. The van der Waals surface area contributed by atoms with E-state index < -0.39 is 0 Å². The maximum Gasteiger partial charge on any atom is -0.000785 e. The number of aryl methyl sites for hydroxylation is 1. The zero-order valence-corrected chi connectivity index (χ0v) is 16.2. The molecule has 134 valence electrons. The van der Waals surface area contributed by atoms with Crippen molar-refractivity contribution >= 4 is 66.0 Å². The zero-order valence-electron chi connectivity index (χ0n) is 16.2. The zero-order chi connectivity index (χ0) is 19.1. The van der Waals surface area contributed by atoms with E-state index in [1.54, 1.807) is 0 Å². The molecule has 0 aliphatic carbocycles. The van der Waals surface area contributed by atoms with Crippen molar-refractivity contribution < 1.29 is 0 Å². The largest absolute Gasteiger partial charge is 0.0587 e. The van der Waals surface area contributed by atoms with Crippen LogP contribution in [0.25, 0.3) is 66.0 Å². The Hall–Kier alpha value is -3.64. The molecule has 0 atom stereocenters. The normalized spacial score (nSPS) is 12.9. The van der Waals surface area contributed by atoms with Gasteiger partial charge in [-0.05, 0) is 78.0 Å². The molecular weight excluding hydrogens is 348 g/mol. The van der Waals surface area contributed by atoms with Gasteiger partial charge in [0, 0.05) is 0 Å². The minimum absolute atomic E-state index is 1.24. The molecule has 0 heteroatoms. The van der Waals surface area contributed by atoms with Crippen LogP contribution in [-0.4, -0.2) is 0 Å². The minimum Gasteiger partial charge on any atom is -0.0587 e. The lowest BCUT2D eigenvalue weighted by molar-refractivity contribution is 1.46. The van der Waals surface area contributed by atoms with Crippen LogP contribution in [0.1, 0.15) is 16.7 Å². The van der Waals surface area contributed by atoms with Gasteiger partial charge in [0.2, 0.25) is 0 Å². The van der Waals surface area contributed by atoms with Crippen molar-refractivity contribution in [1.82, 2.24) is 0 Å². The molecular formula is C29H18. The predicted octanol–water partition coefficient (Wildman–Crippen LogP) is 8.24. The summed E-state index contributed by atoms with van der Waals surface area (Å²) in [5.74, 6) is 0. The maximum absolute atomic E-state index is 2.36. The summed E-state index contributed by atoms with van der Waals surface area (Å²) in [4.78, 5) is 0. The highest BCUT2D eigenvalue weighted by molar-refractivity contribution is 6.44. The van der Waals surface area contributed by atoms with Crippen LogP contribution in [0.5, 0.6) is 0 Å². The van der Waals surface area contributed by atoms with Gasteiger partial charge >= 0.3 is 0 Å². The maximum atomic E-state index is 2.36. The van der Waals surface area contributed by atoms with E-state index in [0.717, 1.165) is 0 Å². The Morgan fingerprint density at radius 2 is 1.00 bits per heavy atom. The summed E-state index contributed by atoms with van der Waals surface area (Å²) >= 11 is 0. The molecule has 29 heavy (non-hydrogen) atoms. The second-order valence-corrected chi connectivity index (χ2v) is 8.29. The van der Waals surface area contributed by atoms with Gasteiger partial charge in [-0.1, -0.05) is 90.5 Å². The van der Waals surface area contributed by atoms with Gasteiger partial charge in [-0.3, -0.25) is 0 Å². The van der Waals surface area contributed by atoms with Gasteiger partial charge in [0.15, 0.2) is 0 Å². The summed E-state index contributed by atoms with van der Waals surface area (Å²) in [6, 6.07) is 29.3. The Labute approximate surface area is 168 Å². The Bertz CT molecular complexity index is 1640. The van der Waals surface area contributed by atoms with E-state index in [-0.39, 0.29) is 0 Å². The molecule has 0 heterocycles. The van der Waals surface area contributed by atoms with E-state index in [0.29, 0.717) is 0 Å². The average molecular weight is 366 g/mol. The fourth-order valence-corrected chi connectivity index (χ4v) is 5.20. The second-order valence-electron chi connectivity index (χ2n) is 8.29. The lowest BCUT2D eigenvalue weighted by atomic mass is 9.95. The summed E-state index contributed by atoms with van der Waals surface area (Å²) in [5.41, 5.74) is 3.82. The van der Waals surface area contributed by atoms with Crippen LogP contribution < -0.4 is 0 Å². The lowest BCUT2D eigenvalue weighted by Gasteiger charge is -2.08. The van der Waals surface area contributed by atoms with Crippen molar-refractivity contribution in [3.63, 3.8) is 0 Å². The first-order valence-corrected chi connectivity index (χ1v) is 10.2. The molecule has 0 nitrogen and oxygen atoms in total. The van der Waals surface area contributed by atoms with Crippen LogP contribution in [0.15, 0.2) is 78.9 Å². The number of benzene rings is 6. The first kappa shape index (κ1) is 15.3. The molecule has 0 aromatic heterocycles. The molecule has 7 rings (SSSR count). The molecule has 0 fully saturated rings. The van der Waals surface area contributed by atoms with E-state index in [1.165, 1.54) is 70.6 Å². The van der Waals surface area contributed by atoms with Gasteiger partial charge in [-0.2, -0.15) is 0 Å². The topological polar surface area (TPSA) is 0 Å². The van der Waals surface area contributed by atoms with Crippen LogP contribution in [0, 0.1) is 6.92 Å². The van der Waals surface area contributed by atoms with E-state index in [9.17, 15) is 0 Å². The fourth-order valence-electron chi connectivity index (χ4n) is 5.20. The predicted molar refractivity (Wildman–Crippen MR) is 128 cm³/mol. The first-order chi connectivity index (χ1) is 14.3. The van der Waals surface area contributed by atoms with Gasteiger partial charge in [0.25, 0.3) is 0 Å². The lowest BCUT2D eigenvalue weighted by Crippen LogP contribution is -1.82. The van der Waals surface area contributed by atoms with Crippen LogP contribution in [0.2, 0.25) is 0 Å². The Kier molecular flexibility index (Phi) is 2.77. The average Bonchev–Trinajstić information content (AvgIpc) is 3.13. The van der Waals surface area contributed by atoms with Crippen LogP contribution >= 0.6 is 0 Å². The van der Waals surface area contributed by atoms with Crippen molar-refractivity contribution in [2.75, 3.05) is 0 Å². The summed E-state index contributed by atoms with van der Waals surface area (Å²) in [7, 11) is 0. The highest BCUT2D eigenvalue weighted by Gasteiger charge is 2.20. The molecule has 0 aliphatic heterocycles. The summed E-state index contributed by atoms with van der Waals surface area (Å²) in [5, 5.41) is 13.9. The molecule has 0 spiro atoms. The van der Waals surface area contributed by atoms with Crippen LogP contribution in [-0.2, 0) is 0 Å². The number of rotatable bonds is 2. The van der Waals surface area contributed by atoms with Crippen LogP contribution in [0.3, 0.4) is 0 Å². The van der Waals surface area contributed by atoms with Crippen LogP contribution in [0.4, 0.5) is 0 Å². The van der Waals surface area contributed by atoms with Crippen molar-refractivity contribution in [3.05, 3.63) is 95.6 Å². The van der Waals surface area contributed by atoms with E-state index in [4.69, 9.17) is 0 Å². The standard InChI is InChI=1S/C29H18/c1-17-2-4-18(5-3-17)6-7-22-16-23-13-12-20-9-8-19-10-11-21-14-15-24(22)29-27(21)25(19)26(20)28(23)29/h2-16H,1H3/b7-6+. The van der Waals surface area contributed by atoms with Gasteiger partial charge in [-0.25, -0.2) is 0 Å². The molecule has 7 aromatic rings. The highest BCUT2D eigenvalue weighted by Crippen LogP contribution is 2.48. The monoisotopic (exact) mass is 366 g/mol. The number of hydrogen-bond donors (Lipinski definition) is 0. The smallest absolute Gasteiger partial charge is 0.000785 e. The molecule has 0 saturated carbocycles. The van der Waals surface area contributed by atoms with Gasteiger partial charge < -0.3 is 0 Å².